The molecule has 1 unspecified atom stereocenters. The number of fused-ring (bicyclic) bond motifs is 5. The second kappa shape index (κ2) is 3.87. The third-order valence-electron chi connectivity index (χ3n) is 7.98. The highest BCUT2D eigenvalue weighted by Gasteiger charge is 2.83. The van der Waals surface area contributed by atoms with Crippen LogP contribution >= 0.6 is 0 Å². The van der Waals surface area contributed by atoms with Gasteiger partial charge < -0.3 is 4.74 Å². The van der Waals surface area contributed by atoms with E-state index >= 15 is 0 Å². The Morgan fingerprint density at radius 1 is 1.04 bits per heavy atom. The fraction of sp³-hybridized carbons (Fsp3) is 0.722. The van der Waals surface area contributed by atoms with Gasteiger partial charge in [0.05, 0.1) is 23.8 Å². The third-order valence-corrected chi connectivity index (χ3v) is 7.98. The molecule has 5 nitrogen and oxygen atoms in total. The number of likely N-dealkylation sites (tertiary alicyclic amines) is 1. The number of aliphatic imine (C=N–C) groups is 1. The quantitative estimate of drug-likeness (QED) is 0.549. The molecular formula is C18H24N2O3. The summed E-state index contributed by atoms with van der Waals surface area (Å²) in [7, 11) is 1.61. The third kappa shape index (κ3) is 1.15. The van der Waals surface area contributed by atoms with Gasteiger partial charge in [0, 0.05) is 17.9 Å². The first-order valence-electron chi connectivity index (χ1n) is 8.32. The lowest BCUT2D eigenvalue weighted by Crippen LogP contribution is -2.50. The zero-order chi connectivity index (χ0) is 16.9. The molecule has 2 fully saturated rings. The highest BCUT2D eigenvalue weighted by molar-refractivity contribution is 6.09. The normalized spacial score (nSPS) is 48.3. The van der Waals surface area contributed by atoms with Crippen molar-refractivity contribution in [1.82, 2.24) is 4.90 Å². The van der Waals surface area contributed by atoms with Gasteiger partial charge in [-0.15, -0.1) is 0 Å². The van der Waals surface area contributed by atoms with Crippen LogP contribution in [0.2, 0.25) is 0 Å². The van der Waals surface area contributed by atoms with Crippen molar-refractivity contribution in [2.24, 2.45) is 33.1 Å². The van der Waals surface area contributed by atoms with Crippen LogP contribution in [-0.4, -0.2) is 42.8 Å². The molecule has 0 spiro atoms. The van der Waals surface area contributed by atoms with E-state index in [4.69, 9.17) is 4.74 Å². The maximum absolute atomic E-state index is 12.9. The Hall–Kier alpha value is -1.65. The van der Waals surface area contributed by atoms with Crippen molar-refractivity contribution in [3.05, 3.63) is 11.1 Å². The second-order valence-electron chi connectivity index (χ2n) is 8.01. The highest BCUT2D eigenvalue weighted by atomic mass is 16.5. The summed E-state index contributed by atoms with van der Waals surface area (Å²) in [6, 6.07) is 0. The Labute approximate surface area is 136 Å². The van der Waals surface area contributed by atoms with E-state index in [0.29, 0.717) is 13.2 Å². The maximum Gasteiger partial charge on any atom is 0.233 e. The Bertz CT molecular complexity index is 678. The lowest BCUT2D eigenvalue weighted by atomic mass is 9.59. The van der Waals surface area contributed by atoms with Gasteiger partial charge in [-0.05, 0) is 20.8 Å². The molecule has 4 aliphatic rings. The van der Waals surface area contributed by atoms with E-state index in [-0.39, 0.29) is 23.7 Å². The molecule has 2 heterocycles. The van der Waals surface area contributed by atoms with Crippen LogP contribution in [0.25, 0.3) is 0 Å². The monoisotopic (exact) mass is 316 g/mol. The van der Waals surface area contributed by atoms with Gasteiger partial charge in [0.25, 0.3) is 0 Å². The van der Waals surface area contributed by atoms with E-state index in [9.17, 15) is 9.59 Å². The summed E-state index contributed by atoms with van der Waals surface area (Å²) in [5, 5.41) is 0. The van der Waals surface area contributed by atoms with E-state index in [2.05, 4.69) is 39.6 Å². The Morgan fingerprint density at radius 2 is 1.52 bits per heavy atom. The number of nitrogens with zero attached hydrogens (tertiary/aromatic N) is 2. The van der Waals surface area contributed by atoms with E-state index in [0.717, 1.165) is 5.90 Å². The minimum Gasteiger partial charge on any atom is -0.479 e. The van der Waals surface area contributed by atoms with Gasteiger partial charge in [-0.2, -0.15) is 0 Å². The number of allylic oxidation sites excluding steroid dienone is 2. The molecule has 1 saturated heterocycles. The molecule has 0 aromatic rings. The summed E-state index contributed by atoms with van der Waals surface area (Å²) in [6.07, 6.45) is 0. The smallest absolute Gasteiger partial charge is 0.233 e. The zero-order valence-electron chi connectivity index (χ0n) is 14.7. The van der Waals surface area contributed by atoms with Gasteiger partial charge in [-0.25, -0.2) is 0 Å². The van der Waals surface area contributed by atoms with Gasteiger partial charge >= 0.3 is 0 Å². The molecule has 23 heavy (non-hydrogen) atoms. The summed E-state index contributed by atoms with van der Waals surface area (Å²) >= 11 is 0. The van der Waals surface area contributed by atoms with E-state index in [1.165, 1.54) is 16.0 Å². The van der Waals surface area contributed by atoms with Crippen molar-refractivity contribution in [2.75, 3.05) is 20.2 Å². The molecule has 0 N–H and O–H groups in total. The first-order valence-corrected chi connectivity index (χ1v) is 8.32. The summed E-state index contributed by atoms with van der Waals surface area (Å²) < 4.78 is 5.90. The number of carbonyl (C=O) groups excluding carboxylic acids is 2. The minimum absolute atomic E-state index is 0.0529. The number of amides is 2. The molecule has 5 atom stereocenters. The van der Waals surface area contributed by atoms with Crippen molar-refractivity contribution in [2.45, 2.75) is 34.6 Å². The largest absolute Gasteiger partial charge is 0.479 e. The van der Waals surface area contributed by atoms with Crippen molar-refractivity contribution in [3.8, 4) is 0 Å². The van der Waals surface area contributed by atoms with Gasteiger partial charge in [0.1, 0.15) is 6.61 Å². The Morgan fingerprint density at radius 3 is 1.91 bits per heavy atom. The number of hydrogen-bond acceptors (Lipinski definition) is 4. The molecule has 2 amide bonds. The summed E-state index contributed by atoms with van der Waals surface area (Å²) in [4.78, 5) is 31.7. The number of rotatable bonds is 1. The topological polar surface area (TPSA) is 59.0 Å². The highest BCUT2D eigenvalue weighted by Crippen LogP contribution is 2.80. The fourth-order valence-corrected chi connectivity index (χ4v) is 6.21. The summed E-state index contributed by atoms with van der Waals surface area (Å²) in [5.74, 6) is -0.00153. The molecule has 0 aromatic heterocycles. The van der Waals surface area contributed by atoms with Crippen LogP contribution in [0.1, 0.15) is 34.6 Å². The SMILES string of the molecule is CC1=C(C)[C@]2(C)[C@@H]3C(=O)N(C)C(=O)[C@@H]3[C@@]1(C)C2(C)C1=NCCO1. The molecular weight excluding hydrogens is 292 g/mol. The zero-order valence-corrected chi connectivity index (χ0v) is 14.7. The van der Waals surface area contributed by atoms with Crippen LogP contribution in [0.5, 0.6) is 0 Å². The van der Waals surface area contributed by atoms with Crippen molar-refractivity contribution in [1.29, 1.82) is 0 Å². The molecule has 1 saturated carbocycles. The number of hydrogen-bond donors (Lipinski definition) is 0. The van der Waals surface area contributed by atoms with Gasteiger partial charge in [-0.1, -0.05) is 25.0 Å². The van der Waals surface area contributed by atoms with E-state index in [1.54, 1.807) is 7.05 Å². The fourth-order valence-electron chi connectivity index (χ4n) is 6.21. The van der Waals surface area contributed by atoms with E-state index in [1.807, 2.05) is 0 Å². The van der Waals surface area contributed by atoms with Crippen LogP contribution in [0, 0.1) is 28.1 Å². The van der Waals surface area contributed by atoms with Crippen LogP contribution in [0.4, 0.5) is 0 Å². The molecule has 2 aliphatic carbocycles. The Kier molecular flexibility index (Phi) is 2.51. The predicted molar refractivity (Wildman–Crippen MR) is 85.7 cm³/mol. The first kappa shape index (κ1) is 14.9. The lowest BCUT2D eigenvalue weighted by Gasteiger charge is -2.45. The van der Waals surface area contributed by atoms with Gasteiger partial charge in [-0.3, -0.25) is 19.5 Å². The van der Waals surface area contributed by atoms with E-state index < -0.39 is 16.2 Å². The molecule has 2 bridgehead atoms. The summed E-state index contributed by atoms with van der Waals surface area (Å²) in [6.45, 7) is 11.9. The number of imide groups is 1. The molecule has 0 aromatic carbocycles. The number of ether oxygens (including phenoxy) is 1. The summed E-state index contributed by atoms with van der Waals surface area (Å²) in [5.41, 5.74) is 1.12. The van der Waals surface area contributed by atoms with Crippen molar-refractivity contribution >= 4 is 17.7 Å². The van der Waals surface area contributed by atoms with Crippen LogP contribution < -0.4 is 0 Å². The number of carbonyl (C=O) groups is 2. The molecule has 4 rings (SSSR count). The van der Waals surface area contributed by atoms with Crippen LogP contribution in [0.3, 0.4) is 0 Å². The molecule has 2 aliphatic heterocycles. The maximum atomic E-state index is 12.9. The molecule has 5 heteroatoms. The molecule has 124 valence electrons. The van der Waals surface area contributed by atoms with Crippen LogP contribution in [0.15, 0.2) is 16.1 Å². The minimum atomic E-state index is -0.452. The molecule has 0 radical (unpaired) electrons. The van der Waals surface area contributed by atoms with Crippen molar-refractivity contribution in [3.63, 3.8) is 0 Å². The average molecular weight is 316 g/mol. The second-order valence-corrected chi connectivity index (χ2v) is 8.01. The predicted octanol–water partition coefficient (Wildman–Crippen LogP) is 2.03. The lowest BCUT2D eigenvalue weighted by molar-refractivity contribution is -0.141. The average Bonchev–Trinajstić information content (AvgIpc) is 3.19. The first-order chi connectivity index (χ1) is 10.6. The van der Waals surface area contributed by atoms with Gasteiger partial charge in [0.15, 0.2) is 5.90 Å². The van der Waals surface area contributed by atoms with Gasteiger partial charge in [0.2, 0.25) is 11.8 Å². The van der Waals surface area contributed by atoms with Crippen LogP contribution in [-0.2, 0) is 14.3 Å². The van der Waals surface area contributed by atoms with Crippen molar-refractivity contribution < 1.29 is 14.3 Å². The standard InChI is InChI=1S/C18H24N2O3/c1-9-10(2)17(4)12-11(13(21)20(6)14(12)22)16(9,3)18(17,5)15-19-7-8-23-15/h11-12H,7-8H2,1-6H3/t11-,12+,16+,17-,18?. The Balaban J connectivity index is 2.04.